The number of rotatable bonds is 3. The zero-order valence-corrected chi connectivity index (χ0v) is 15.5. The number of phenols is 1. The number of phenolic OH excluding ortho intramolecular Hbond substituents is 1. The molecule has 0 radical (unpaired) electrons. The molecule has 0 fully saturated rings. The zero-order valence-electron chi connectivity index (χ0n) is 11.5. The average Bonchev–Trinajstić information content (AvgIpc) is 2.51. The second kappa shape index (κ2) is 9.72. The summed E-state index contributed by atoms with van der Waals surface area (Å²) in [5, 5.41) is 21.1. The normalized spacial score (nSPS) is 9.95. The van der Waals surface area contributed by atoms with Gasteiger partial charge in [-0.05, 0) is 5.56 Å². The van der Waals surface area contributed by atoms with Crippen LogP contribution >= 0.6 is 17.0 Å². The Hall–Kier alpha value is -1.23. The third-order valence-corrected chi connectivity index (χ3v) is 2.69. The molecule has 0 aliphatic heterocycles. The molecule has 2 rings (SSSR count). The summed E-state index contributed by atoms with van der Waals surface area (Å²) in [4.78, 5) is 14.2. The number of benzene rings is 2. The van der Waals surface area contributed by atoms with E-state index in [-0.39, 0.29) is 11.4 Å². The zero-order chi connectivity index (χ0) is 16.5. The minimum absolute atomic E-state index is 0.0117. The van der Waals surface area contributed by atoms with Crippen molar-refractivity contribution in [3.8, 4) is 16.9 Å². The first-order valence-corrected chi connectivity index (χ1v) is 12.3. The van der Waals surface area contributed by atoms with Crippen LogP contribution in [0.25, 0.3) is 11.1 Å². The van der Waals surface area contributed by atoms with Crippen LogP contribution in [0.2, 0.25) is 0 Å². The number of non-ortho nitro benzene ring substituents is 1. The first-order valence-electron chi connectivity index (χ1n) is 6.00. The molecular formula is C14H12Cl2N2O3Zr. The Morgan fingerprint density at radius 2 is 1.86 bits per heavy atom. The average molecular weight is 418 g/mol. The fraction of sp³-hybridized carbons (Fsp3) is 0.0714. The molecule has 0 atom stereocenters. The Morgan fingerprint density at radius 3 is 2.36 bits per heavy atom. The Kier molecular flexibility index (Phi) is 8.32. The van der Waals surface area contributed by atoms with Gasteiger partial charge < -0.3 is 5.11 Å². The van der Waals surface area contributed by atoms with Gasteiger partial charge >= 0.3 is 37.9 Å². The van der Waals surface area contributed by atoms with Crippen LogP contribution in [0.1, 0.15) is 5.56 Å². The van der Waals surface area contributed by atoms with Crippen molar-refractivity contribution in [3.63, 3.8) is 0 Å². The Bertz CT molecular complexity index is 667. The van der Waals surface area contributed by atoms with Gasteiger partial charge in [-0.1, -0.05) is 30.3 Å². The fourth-order valence-electron chi connectivity index (χ4n) is 1.82. The van der Waals surface area contributed by atoms with Crippen LogP contribution in [-0.4, -0.2) is 23.3 Å². The third kappa shape index (κ3) is 5.20. The summed E-state index contributed by atoms with van der Waals surface area (Å²) in [6.45, 7) is 0. The molecule has 2 aromatic rings. The molecule has 0 amide bonds. The number of nitro groups is 1. The van der Waals surface area contributed by atoms with E-state index >= 15 is 0 Å². The number of nitrogens with zero attached hydrogens (tertiary/aromatic N) is 2. The van der Waals surface area contributed by atoms with Crippen molar-refractivity contribution in [1.29, 1.82) is 0 Å². The van der Waals surface area contributed by atoms with Gasteiger partial charge in [0.25, 0.3) is 5.69 Å². The van der Waals surface area contributed by atoms with Crippen LogP contribution in [0, 0.1) is 10.1 Å². The summed E-state index contributed by atoms with van der Waals surface area (Å²) >= 11 is -0.826. The Labute approximate surface area is 146 Å². The quantitative estimate of drug-likeness (QED) is 0.456. The molecule has 8 heteroatoms. The summed E-state index contributed by atoms with van der Waals surface area (Å²) in [5.41, 5.74) is 1.39. The molecule has 1 N–H and O–H groups in total. The molecule has 0 heterocycles. The topological polar surface area (TPSA) is 75.7 Å². The summed E-state index contributed by atoms with van der Waals surface area (Å²) in [5.74, 6) is -0.0117. The molecule has 0 aromatic heterocycles. The van der Waals surface area contributed by atoms with Crippen molar-refractivity contribution in [2.45, 2.75) is 0 Å². The standard InChI is InChI=1S/C14H12N2O3.2ClH.Zr/c1-15-9-11-7-12(16(18)19)8-13(14(11)17)10-5-3-2-4-6-10;;;/h2-9,17H,1H3;2*1H;/q;;;+2/p-2. The van der Waals surface area contributed by atoms with Gasteiger partial charge in [0.15, 0.2) is 0 Å². The number of halogens is 2. The van der Waals surface area contributed by atoms with Gasteiger partial charge in [-0.15, -0.1) is 0 Å². The number of aliphatic imine (C=N–C) groups is 1. The number of nitro benzene ring substituents is 1. The predicted molar refractivity (Wildman–Crippen MR) is 85.4 cm³/mol. The van der Waals surface area contributed by atoms with E-state index < -0.39 is 25.8 Å². The molecule has 5 nitrogen and oxygen atoms in total. The van der Waals surface area contributed by atoms with Crippen LogP contribution in [0.15, 0.2) is 47.5 Å². The van der Waals surface area contributed by atoms with E-state index in [2.05, 4.69) is 4.99 Å². The van der Waals surface area contributed by atoms with Gasteiger partial charge in [0, 0.05) is 36.5 Å². The molecule has 0 saturated heterocycles. The molecule has 0 saturated carbocycles. The molecular weight excluding hydrogens is 406 g/mol. The van der Waals surface area contributed by atoms with Gasteiger partial charge in [-0.3, -0.25) is 15.1 Å². The number of aromatic hydroxyl groups is 1. The monoisotopic (exact) mass is 416 g/mol. The van der Waals surface area contributed by atoms with Gasteiger partial charge in [0.05, 0.1) is 4.92 Å². The van der Waals surface area contributed by atoms with E-state index in [0.717, 1.165) is 5.56 Å². The maximum absolute atomic E-state index is 10.9. The summed E-state index contributed by atoms with van der Waals surface area (Å²) in [7, 11) is 11.4. The van der Waals surface area contributed by atoms with E-state index in [1.165, 1.54) is 18.3 Å². The summed E-state index contributed by atoms with van der Waals surface area (Å²) in [6, 6.07) is 11.7. The summed E-state index contributed by atoms with van der Waals surface area (Å²) in [6.07, 6.45) is 1.40. The van der Waals surface area contributed by atoms with Crippen LogP contribution < -0.4 is 0 Å². The SMILES string of the molecule is CN=Cc1cc([N+](=O)[O-])cc(-c2ccccc2)c1O.[Cl][Zr][Cl]. The molecule has 2 aromatic carbocycles. The molecule has 0 aliphatic rings. The second-order valence-electron chi connectivity index (χ2n) is 4.01. The number of hydrogen-bond acceptors (Lipinski definition) is 4. The van der Waals surface area contributed by atoms with Gasteiger partial charge in [0.1, 0.15) is 5.75 Å². The van der Waals surface area contributed by atoms with Crippen LogP contribution in [0.5, 0.6) is 5.75 Å². The molecule has 0 unspecified atom stereocenters. The molecule has 114 valence electrons. The first-order chi connectivity index (χ1) is 10.5. The van der Waals surface area contributed by atoms with Crippen LogP contribution in [0.4, 0.5) is 5.69 Å². The van der Waals surface area contributed by atoms with E-state index in [1.807, 2.05) is 6.07 Å². The Balaban J connectivity index is 0.000000745. The van der Waals surface area contributed by atoms with E-state index in [0.29, 0.717) is 11.1 Å². The molecule has 0 spiro atoms. The second-order valence-corrected chi connectivity index (χ2v) is 7.74. The van der Waals surface area contributed by atoms with Crippen molar-refractivity contribution >= 4 is 28.9 Å². The van der Waals surface area contributed by atoms with Crippen molar-refractivity contribution in [3.05, 3.63) is 58.1 Å². The van der Waals surface area contributed by atoms with E-state index in [4.69, 9.17) is 17.0 Å². The molecule has 0 aliphatic carbocycles. The Morgan fingerprint density at radius 1 is 1.27 bits per heavy atom. The molecule has 0 bridgehead atoms. The van der Waals surface area contributed by atoms with Gasteiger partial charge in [-0.25, -0.2) is 0 Å². The van der Waals surface area contributed by atoms with E-state index in [9.17, 15) is 15.2 Å². The summed E-state index contributed by atoms with van der Waals surface area (Å²) < 4.78 is 0. The van der Waals surface area contributed by atoms with Crippen LogP contribution in [0.3, 0.4) is 0 Å². The van der Waals surface area contributed by atoms with Crippen molar-refractivity contribution < 1.29 is 30.9 Å². The number of hydrogen-bond donors (Lipinski definition) is 1. The third-order valence-electron chi connectivity index (χ3n) is 2.69. The maximum atomic E-state index is 10.9. The molecule has 22 heavy (non-hydrogen) atoms. The van der Waals surface area contributed by atoms with Crippen molar-refractivity contribution in [1.82, 2.24) is 0 Å². The van der Waals surface area contributed by atoms with Gasteiger partial charge in [-0.2, -0.15) is 0 Å². The fourth-order valence-corrected chi connectivity index (χ4v) is 1.82. The minimum atomic E-state index is -0.826. The first kappa shape index (κ1) is 18.8. The van der Waals surface area contributed by atoms with Crippen LogP contribution in [-0.2, 0) is 20.8 Å². The van der Waals surface area contributed by atoms with Gasteiger partial charge in [0.2, 0.25) is 0 Å². The van der Waals surface area contributed by atoms with Crippen molar-refractivity contribution in [2.75, 3.05) is 7.05 Å². The van der Waals surface area contributed by atoms with Crippen molar-refractivity contribution in [2.24, 2.45) is 4.99 Å². The predicted octanol–water partition coefficient (Wildman–Crippen LogP) is 4.39. The van der Waals surface area contributed by atoms with E-state index in [1.54, 1.807) is 31.3 Å².